The van der Waals surface area contributed by atoms with Crippen LogP contribution in [0.3, 0.4) is 0 Å². The Bertz CT molecular complexity index is 870. The molecule has 0 saturated carbocycles. The van der Waals surface area contributed by atoms with E-state index in [9.17, 15) is 9.59 Å². The van der Waals surface area contributed by atoms with Crippen LogP contribution in [0.1, 0.15) is 15.9 Å². The fourth-order valence-corrected chi connectivity index (χ4v) is 2.77. The average Bonchev–Trinajstić information content (AvgIpc) is 2.60. The van der Waals surface area contributed by atoms with Gasteiger partial charge in [0.2, 0.25) is 5.91 Å². The Hall–Kier alpha value is -3.14. The molecular weight excluding hydrogens is 300 g/mol. The molecule has 0 aliphatic carbocycles. The van der Waals surface area contributed by atoms with Crippen molar-refractivity contribution in [2.24, 2.45) is 5.73 Å². The number of nitrogens with two attached hydrogens (primary N) is 1. The molecule has 0 saturated heterocycles. The van der Waals surface area contributed by atoms with Gasteiger partial charge in [-0.15, -0.1) is 0 Å². The molecule has 0 aromatic heterocycles. The van der Waals surface area contributed by atoms with Crippen LogP contribution in [-0.2, 0) is 11.3 Å². The molecule has 0 aliphatic heterocycles. The third-order valence-electron chi connectivity index (χ3n) is 3.87. The first-order chi connectivity index (χ1) is 11.6. The van der Waals surface area contributed by atoms with Crippen molar-refractivity contribution in [3.05, 3.63) is 83.9 Å². The van der Waals surface area contributed by atoms with Crippen molar-refractivity contribution < 1.29 is 9.59 Å². The van der Waals surface area contributed by atoms with Crippen LogP contribution in [0.15, 0.2) is 72.8 Å². The molecule has 0 bridgehead atoms. The van der Waals surface area contributed by atoms with Crippen LogP contribution >= 0.6 is 0 Å². The van der Waals surface area contributed by atoms with Gasteiger partial charge in [0.25, 0.3) is 5.91 Å². The number of nitrogens with zero attached hydrogens (tertiary/aromatic N) is 1. The van der Waals surface area contributed by atoms with Crippen molar-refractivity contribution in [2.45, 2.75) is 6.54 Å². The number of hydrogen-bond acceptors (Lipinski definition) is 2. The number of amides is 2. The summed E-state index contributed by atoms with van der Waals surface area (Å²) in [5.74, 6) is -0.728. The summed E-state index contributed by atoms with van der Waals surface area (Å²) in [4.78, 5) is 25.9. The monoisotopic (exact) mass is 318 g/mol. The van der Waals surface area contributed by atoms with E-state index >= 15 is 0 Å². The minimum Gasteiger partial charge on any atom is -0.368 e. The number of carbonyl (C=O) groups is 2. The number of fused-ring (bicyclic) bond motifs is 1. The van der Waals surface area contributed by atoms with E-state index in [4.69, 9.17) is 5.73 Å². The predicted molar refractivity (Wildman–Crippen MR) is 94.3 cm³/mol. The van der Waals surface area contributed by atoms with E-state index in [1.54, 1.807) is 6.07 Å². The Kier molecular flexibility index (Phi) is 4.57. The smallest absolute Gasteiger partial charge is 0.255 e. The van der Waals surface area contributed by atoms with Crippen LogP contribution in [0.5, 0.6) is 0 Å². The van der Waals surface area contributed by atoms with E-state index in [1.807, 2.05) is 66.7 Å². The van der Waals surface area contributed by atoms with Gasteiger partial charge in [-0.1, -0.05) is 66.7 Å². The van der Waals surface area contributed by atoms with Gasteiger partial charge in [0.05, 0.1) is 6.54 Å². The summed E-state index contributed by atoms with van der Waals surface area (Å²) in [6, 6.07) is 22.8. The Balaban J connectivity index is 1.97. The summed E-state index contributed by atoms with van der Waals surface area (Å²) < 4.78 is 0. The Morgan fingerprint density at radius 1 is 0.833 bits per heavy atom. The molecule has 2 amide bonds. The highest BCUT2D eigenvalue weighted by Gasteiger charge is 2.19. The summed E-state index contributed by atoms with van der Waals surface area (Å²) in [6.07, 6.45) is 0. The van der Waals surface area contributed by atoms with E-state index in [2.05, 4.69) is 0 Å². The van der Waals surface area contributed by atoms with E-state index in [-0.39, 0.29) is 12.5 Å². The lowest BCUT2D eigenvalue weighted by atomic mass is 10.0. The van der Waals surface area contributed by atoms with Crippen LogP contribution in [0.2, 0.25) is 0 Å². The first-order valence-corrected chi connectivity index (χ1v) is 7.74. The van der Waals surface area contributed by atoms with Gasteiger partial charge in [0.15, 0.2) is 0 Å². The molecule has 120 valence electrons. The molecule has 3 aromatic rings. The molecule has 3 rings (SSSR count). The summed E-state index contributed by atoms with van der Waals surface area (Å²) in [5.41, 5.74) is 6.87. The summed E-state index contributed by atoms with van der Waals surface area (Å²) >= 11 is 0. The zero-order chi connectivity index (χ0) is 16.9. The maximum Gasteiger partial charge on any atom is 0.255 e. The average molecular weight is 318 g/mol. The molecule has 0 spiro atoms. The van der Waals surface area contributed by atoms with Crippen molar-refractivity contribution in [2.75, 3.05) is 6.54 Å². The fraction of sp³-hybridized carbons (Fsp3) is 0.100. The van der Waals surface area contributed by atoms with E-state index in [0.29, 0.717) is 12.1 Å². The predicted octanol–water partition coefficient (Wildman–Crippen LogP) is 2.97. The molecule has 3 aromatic carbocycles. The maximum atomic E-state index is 13.0. The van der Waals surface area contributed by atoms with Gasteiger partial charge in [-0.25, -0.2) is 0 Å². The van der Waals surface area contributed by atoms with E-state index in [0.717, 1.165) is 16.3 Å². The van der Waals surface area contributed by atoms with Crippen molar-refractivity contribution in [1.82, 2.24) is 4.90 Å². The molecule has 24 heavy (non-hydrogen) atoms. The molecule has 0 fully saturated rings. The van der Waals surface area contributed by atoms with Crippen LogP contribution < -0.4 is 5.73 Å². The number of carbonyl (C=O) groups excluding carboxylic acids is 2. The van der Waals surface area contributed by atoms with Gasteiger partial charge in [-0.05, 0) is 22.4 Å². The lowest BCUT2D eigenvalue weighted by Crippen LogP contribution is -2.38. The minimum absolute atomic E-state index is 0.114. The van der Waals surface area contributed by atoms with Crippen LogP contribution in [0.25, 0.3) is 10.8 Å². The molecule has 0 aliphatic rings. The van der Waals surface area contributed by atoms with Crippen LogP contribution in [-0.4, -0.2) is 23.3 Å². The lowest BCUT2D eigenvalue weighted by Gasteiger charge is -2.22. The van der Waals surface area contributed by atoms with Crippen molar-refractivity contribution >= 4 is 22.6 Å². The van der Waals surface area contributed by atoms with Gasteiger partial charge in [0, 0.05) is 12.1 Å². The topological polar surface area (TPSA) is 63.4 Å². The van der Waals surface area contributed by atoms with Gasteiger partial charge >= 0.3 is 0 Å². The summed E-state index contributed by atoms with van der Waals surface area (Å²) in [5, 5.41) is 1.86. The Labute approximate surface area is 140 Å². The molecule has 2 N–H and O–H groups in total. The third-order valence-corrected chi connectivity index (χ3v) is 3.87. The second kappa shape index (κ2) is 6.96. The van der Waals surface area contributed by atoms with Crippen molar-refractivity contribution in [3.63, 3.8) is 0 Å². The van der Waals surface area contributed by atoms with E-state index in [1.165, 1.54) is 4.90 Å². The van der Waals surface area contributed by atoms with Crippen molar-refractivity contribution in [1.29, 1.82) is 0 Å². The number of rotatable bonds is 5. The highest BCUT2D eigenvalue weighted by molar-refractivity contribution is 6.07. The first-order valence-electron chi connectivity index (χ1n) is 7.74. The van der Waals surface area contributed by atoms with Crippen molar-refractivity contribution in [3.8, 4) is 0 Å². The summed E-state index contributed by atoms with van der Waals surface area (Å²) in [7, 11) is 0. The van der Waals surface area contributed by atoms with E-state index < -0.39 is 5.91 Å². The van der Waals surface area contributed by atoms with Crippen LogP contribution in [0, 0.1) is 0 Å². The van der Waals surface area contributed by atoms with Crippen LogP contribution in [0.4, 0.5) is 0 Å². The molecule has 0 heterocycles. The third kappa shape index (κ3) is 3.43. The highest BCUT2D eigenvalue weighted by Crippen LogP contribution is 2.20. The highest BCUT2D eigenvalue weighted by atomic mass is 16.2. The molecule has 0 atom stereocenters. The molecule has 4 heteroatoms. The minimum atomic E-state index is -0.528. The number of benzene rings is 3. The zero-order valence-corrected chi connectivity index (χ0v) is 13.2. The fourth-order valence-electron chi connectivity index (χ4n) is 2.77. The second-order valence-corrected chi connectivity index (χ2v) is 5.64. The maximum absolute atomic E-state index is 13.0. The standard InChI is InChI=1S/C20H18N2O2/c21-19(23)14-22(13-15-7-2-1-3-8-15)20(24)18-12-6-10-16-9-4-5-11-17(16)18/h1-12H,13-14H2,(H2,21,23). The van der Waals surface area contributed by atoms with Gasteiger partial charge in [-0.2, -0.15) is 0 Å². The molecule has 0 radical (unpaired) electrons. The Morgan fingerprint density at radius 2 is 1.50 bits per heavy atom. The number of primary amides is 1. The van der Waals surface area contributed by atoms with Gasteiger partial charge in [0.1, 0.15) is 0 Å². The molecule has 4 nitrogen and oxygen atoms in total. The van der Waals surface area contributed by atoms with Gasteiger partial charge in [-0.3, -0.25) is 9.59 Å². The Morgan fingerprint density at radius 3 is 2.25 bits per heavy atom. The largest absolute Gasteiger partial charge is 0.368 e. The lowest BCUT2D eigenvalue weighted by molar-refractivity contribution is -0.118. The summed E-state index contributed by atoms with van der Waals surface area (Å²) in [6.45, 7) is 0.225. The second-order valence-electron chi connectivity index (χ2n) is 5.64. The van der Waals surface area contributed by atoms with Gasteiger partial charge < -0.3 is 10.6 Å². The zero-order valence-electron chi connectivity index (χ0n) is 13.2. The normalized spacial score (nSPS) is 10.5. The SMILES string of the molecule is NC(=O)CN(Cc1ccccc1)C(=O)c1cccc2ccccc12. The molecular formula is C20H18N2O2. The first kappa shape index (κ1) is 15.7. The quantitative estimate of drug-likeness (QED) is 0.786. The molecule has 0 unspecified atom stereocenters. The number of hydrogen-bond donors (Lipinski definition) is 1.